The normalized spacial score (nSPS) is 12.1. The molecule has 41 heavy (non-hydrogen) atoms. The Kier molecular flexibility index (Phi) is 10.4. The van der Waals surface area contributed by atoms with Crippen LogP contribution in [-0.2, 0) is 27.3 Å². The second-order valence-electron chi connectivity index (χ2n) is 10.7. The lowest BCUT2D eigenvalue weighted by Crippen LogP contribution is -2.37. The smallest absolute Gasteiger partial charge is 0.410 e. The van der Waals surface area contributed by atoms with Crippen molar-refractivity contribution >= 4 is 34.6 Å². The summed E-state index contributed by atoms with van der Waals surface area (Å²) in [6, 6.07) is 5.05. The molecular weight excluding hydrogens is 526 g/mol. The zero-order valence-electron chi connectivity index (χ0n) is 24.7. The molecule has 1 unspecified atom stereocenters. The van der Waals surface area contributed by atoms with E-state index in [2.05, 4.69) is 34.1 Å². The highest BCUT2D eigenvalue weighted by Crippen LogP contribution is 2.20. The third kappa shape index (κ3) is 8.50. The van der Waals surface area contributed by atoms with Crippen molar-refractivity contribution in [2.45, 2.75) is 52.7 Å². The van der Waals surface area contributed by atoms with E-state index < -0.39 is 23.7 Å². The van der Waals surface area contributed by atoms with Crippen LogP contribution in [0, 0.1) is 12.8 Å². The molecule has 1 atom stereocenters. The first-order valence-electron chi connectivity index (χ1n) is 13.5. The van der Waals surface area contributed by atoms with Crippen molar-refractivity contribution in [2.24, 2.45) is 5.92 Å². The third-order valence-electron chi connectivity index (χ3n) is 6.14. The molecular formula is C29H39N7O5. The minimum atomic E-state index is -1.17. The predicted octanol–water partition coefficient (Wildman–Crippen LogP) is 3.10. The first kappa shape index (κ1) is 31.1. The number of hydrogen-bond acceptors (Lipinski definition) is 7. The first-order valence-corrected chi connectivity index (χ1v) is 13.5. The molecule has 0 aromatic carbocycles. The van der Waals surface area contributed by atoms with Crippen LogP contribution in [-0.4, -0.2) is 81.5 Å². The summed E-state index contributed by atoms with van der Waals surface area (Å²) in [5.41, 5.74) is 2.97. The predicted molar refractivity (Wildman–Crippen MR) is 157 cm³/mol. The average Bonchev–Trinajstić information content (AvgIpc) is 3.29. The number of pyridine rings is 1. The van der Waals surface area contributed by atoms with E-state index >= 15 is 0 Å². The van der Waals surface area contributed by atoms with Gasteiger partial charge in [-0.05, 0) is 56.4 Å². The number of carbonyl (C=O) groups excluding carboxylic acids is 3. The SMILES string of the molecule is Cc1nc(CC(C)C)c2[nH]c(Cn3cccc(NC(=O)C(CCC=CC(=O)N(C)C)OC(=O)N(C)C)c3=O)cc2n1. The van der Waals surface area contributed by atoms with Crippen molar-refractivity contribution in [1.82, 2.24) is 29.3 Å². The summed E-state index contributed by atoms with van der Waals surface area (Å²) in [7, 11) is 6.27. The average molecular weight is 566 g/mol. The van der Waals surface area contributed by atoms with Crippen molar-refractivity contribution in [3.05, 3.63) is 64.1 Å². The van der Waals surface area contributed by atoms with Gasteiger partial charge < -0.3 is 29.4 Å². The second kappa shape index (κ2) is 13.7. The number of anilines is 1. The van der Waals surface area contributed by atoms with Crippen LogP contribution < -0.4 is 10.9 Å². The highest BCUT2D eigenvalue weighted by molar-refractivity contribution is 5.95. The Morgan fingerprint density at radius 1 is 1.15 bits per heavy atom. The maximum absolute atomic E-state index is 13.3. The van der Waals surface area contributed by atoms with E-state index in [9.17, 15) is 19.2 Å². The van der Waals surface area contributed by atoms with Crippen molar-refractivity contribution in [3.63, 3.8) is 0 Å². The van der Waals surface area contributed by atoms with E-state index in [0.29, 0.717) is 18.2 Å². The van der Waals surface area contributed by atoms with Gasteiger partial charge in [0.25, 0.3) is 11.5 Å². The topological polar surface area (TPSA) is 143 Å². The van der Waals surface area contributed by atoms with Crippen LogP contribution >= 0.6 is 0 Å². The number of ether oxygens (including phenoxy) is 1. The summed E-state index contributed by atoms with van der Waals surface area (Å²) in [6.07, 6.45) is 3.98. The van der Waals surface area contributed by atoms with E-state index in [4.69, 9.17) is 4.74 Å². The van der Waals surface area contributed by atoms with Gasteiger partial charge >= 0.3 is 6.09 Å². The highest BCUT2D eigenvalue weighted by atomic mass is 16.6. The zero-order valence-corrected chi connectivity index (χ0v) is 24.7. The Bertz CT molecular complexity index is 1490. The fourth-order valence-electron chi connectivity index (χ4n) is 4.08. The number of fused-ring (bicyclic) bond motifs is 1. The molecule has 3 heterocycles. The van der Waals surface area contributed by atoms with Gasteiger partial charge in [-0.1, -0.05) is 19.9 Å². The molecule has 3 rings (SSSR count). The number of aromatic amines is 1. The van der Waals surface area contributed by atoms with E-state index in [1.54, 1.807) is 32.4 Å². The molecule has 12 heteroatoms. The molecule has 3 amide bonds. The molecule has 0 spiro atoms. The van der Waals surface area contributed by atoms with Gasteiger partial charge in [-0.25, -0.2) is 14.8 Å². The quantitative estimate of drug-likeness (QED) is 0.340. The number of nitrogens with one attached hydrogen (secondary N) is 2. The lowest BCUT2D eigenvalue weighted by molar-refractivity contribution is -0.125. The number of amides is 3. The maximum atomic E-state index is 13.3. The number of hydrogen-bond donors (Lipinski definition) is 2. The molecule has 0 saturated heterocycles. The van der Waals surface area contributed by atoms with E-state index in [1.807, 2.05) is 13.0 Å². The fraction of sp³-hybridized carbons (Fsp3) is 0.448. The van der Waals surface area contributed by atoms with Gasteiger partial charge in [-0.3, -0.25) is 14.4 Å². The molecule has 3 aromatic heterocycles. The monoisotopic (exact) mass is 565 g/mol. The van der Waals surface area contributed by atoms with Crippen molar-refractivity contribution in [2.75, 3.05) is 33.5 Å². The molecule has 220 valence electrons. The van der Waals surface area contributed by atoms with Crippen LogP contribution in [0.3, 0.4) is 0 Å². The largest absolute Gasteiger partial charge is 0.436 e. The molecule has 0 aliphatic rings. The number of allylic oxidation sites excluding steroid dienone is 1. The van der Waals surface area contributed by atoms with Gasteiger partial charge in [0.1, 0.15) is 11.5 Å². The summed E-state index contributed by atoms with van der Waals surface area (Å²) in [5, 5.41) is 2.61. The maximum Gasteiger partial charge on any atom is 0.410 e. The molecule has 0 aliphatic heterocycles. The minimum Gasteiger partial charge on any atom is -0.436 e. The summed E-state index contributed by atoms with van der Waals surface area (Å²) in [5.74, 6) is 0.260. The molecule has 0 aliphatic carbocycles. The van der Waals surface area contributed by atoms with Gasteiger partial charge in [-0.15, -0.1) is 0 Å². The van der Waals surface area contributed by atoms with Gasteiger partial charge in [-0.2, -0.15) is 0 Å². The van der Waals surface area contributed by atoms with E-state index in [1.165, 1.54) is 40.6 Å². The lowest BCUT2D eigenvalue weighted by Gasteiger charge is -2.19. The number of H-pyrrole nitrogens is 1. The van der Waals surface area contributed by atoms with Crippen LogP contribution in [0.2, 0.25) is 0 Å². The Morgan fingerprint density at radius 2 is 1.88 bits per heavy atom. The number of likely N-dealkylation sites (N-methyl/N-ethyl adjacent to an activating group) is 1. The minimum absolute atomic E-state index is 0.0500. The molecule has 0 bridgehead atoms. The molecule has 0 fully saturated rings. The van der Waals surface area contributed by atoms with Gasteiger partial charge in [0.15, 0.2) is 6.10 Å². The molecule has 12 nitrogen and oxygen atoms in total. The third-order valence-corrected chi connectivity index (χ3v) is 6.14. The van der Waals surface area contributed by atoms with Gasteiger partial charge in [0.2, 0.25) is 5.91 Å². The Morgan fingerprint density at radius 3 is 2.54 bits per heavy atom. The number of nitrogens with zero attached hydrogens (tertiary/aromatic N) is 5. The Balaban J connectivity index is 1.79. The number of aryl methyl sites for hydroxylation is 1. The standard InChI is InChI=1S/C29H39N7O5/c1-18(2)15-22-26-23(31-19(3)30-22)16-20(32-26)17-36-14-10-11-21(28(36)39)33-27(38)24(41-29(40)35(6)7)12-8-9-13-25(37)34(4)5/h9-11,13-14,16,18,24,32H,8,12,15,17H2,1-7H3,(H,33,38). The fourth-order valence-corrected chi connectivity index (χ4v) is 4.08. The molecule has 0 saturated carbocycles. The van der Waals surface area contributed by atoms with Crippen LogP contribution in [0.1, 0.15) is 43.9 Å². The summed E-state index contributed by atoms with van der Waals surface area (Å²) in [6.45, 7) is 6.33. The Hall–Kier alpha value is -4.48. The zero-order chi connectivity index (χ0) is 30.3. The lowest BCUT2D eigenvalue weighted by atomic mass is 10.1. The van der Waals surface area contributed by atoms with Gasteiger partial charge in [0.05, 0.1) is 23.3 Å². The summed E-state index contributed by atoms with van der Waals surface area (Å²) in [4.78, 5) is 65.5. The summed E-state index contributed by atoms with van der Waals surface area (Å²) >= 11 is 0. The van der Waals surface area contributed by atoms with E-state index in [0.717, 1.165) is 28.8 Å². The number of aromatic nitrogens is 4. The van der Waals surface area contributed by atoms with Crippen LogP contribution in [0.5, 0.6) is 0 Å². The number of rotatable bonds is 11. The van der Waals surface area contributed by atoms with Gasteiger partial charge in [0, 0.05) is 40.1 Å². The molecule has 2 N–H and O–H groups in total. The van der Waals surface area contributed by atoms with Crippen molar-refractivity contribution in [1.29, 1.82) is 0 Å². The number of carbonyl (C=O) groups is 3. The highest BCUT2D eigenvalue weighted by Gasteiger charge is 2.24. The van der Waals surface area contributed by atoms with Crippen molar-refractivity contribution in [3.8, 4) is 0 Å². The Labute approximate surface area is 239 Å². The summed E-state index contributed by atoms with van der Waals surface area (Å²) < 4.78 is 6.84. The van der Waals surface area contributed by atoms with Crippen LogP contribution in [0.25, 0.3) is 11.0 Å². The van der Waals surface area contributed by atoms with Crippen LogP contribution in [0.4, 0.5) is 10.5 Å². The molecule has 3 aromatic rings. The second-order valence-corrected chi connectivity index (χ2v) is 10.7. The van der Waals surface area contributed by atoms with Crippen molar-refractivity contribution < 1.29 is 19.1 Å². The van der Waals surface area contributed by atoms with Crippen LogP contribution in [0.15, 0.2) is 41.3 Å². The first-order chi connectivity index (χ1) is 19.3. The van der Waals surface area contributed by atoms with E-state index in [-0.39, 0.29) is 24.6 Å². The molecule has 0 radical (unpaired) electrons.